The first kappa shape index (κ1) is 78.3. The van der Waals surface area contributed by atoms with Crippen molar-refractivity contribution in [1.29, 1.82) is 0 Å². The Bertz CT molecular complexity index is 9790. The van der Waals surface area contributed by atoms with E-state index in [9.17, 15) is 0 Å². The molecular weight excluding hydrogens is 1670 g/mol. The minimum atomic E-state index is 1.10. The maximum Gasteiger partial charge on any atom is 0.0542 e. The van der Waals surface area contributed by atoms with Gasteiger partial charge in [0.2, 0.25) is 0 Å². The summed E-state index contributed by atoms with van der Waals surface area (Å²) in [6, 6.07) is 189. The zero-order valence-electron chi connectivity index (χ0n) is 75.2. The zero-order valence-corrected chi connectivity index (χ0v) is 75.2. The molecule has 0 fully saturated rings. The van der Waals surface area contributed by atoms with Crippen LogP contribution in [0.15, 0.2) is 510 Å². The van der Waals surface area contributed by atoms with E-state index < -0.39 is 0 Å². The molecular formula is C132H84N6. The van der Waals surface area contributed by atoms with E-state index in [1.807, 2.05) is 0 Å². The van der Waals surface area contributed by atoms with Crippen molar-refractivity contribution in [3.63, 3.8) is 0 Å². The molecule has 642 valence electrons. The highest BCUT2D eigenvalue weighted by molar-refractivity contribution is 6.18. The fourth-order valence-electron chi connectivity index (χ4n) is 22.5. The summed E-state index contributed by atoms with van der Waals surface area (Å²) >= 11 is 0. The molecule has 0 bridgehead atoms. The first-order chi connectivity index (χ1) is 68.4. The summed E-state index contributed by atoms with van der Waals surface area (Å²) in [5, 5.41) is 14.6. The van der Waals surface area contributed by atoms with Gasteiger partial charge >= 0.3 is 0 Å². The van der Waals surface area contributed by atoms with Crippen molar-refractivity contribution in [1.82, 2.24) is 27.4 Å². The SMILES string of the molecule is c1ccc(-c2ccc(-n3c4ccccc4c4cc(-c5ccc6c(c5)c5ccccc5n6-c5ccc6c(c5)c5ccccc5n6-c5cc(-c6ccccc6)cc(-c6cccc(-c7cccc(-c8ccc(-n9c%10ccccc%10c%10cc(-c%11ccc%12c(c%11)c%11ccccc%11n%12-c%11ccc%12c(c%11)c%11cc(-c%13ccccc%13)ccc%11n%12-c%11ccc(-c%12ccccc%12)cc%11)ccc%109)cc8)c7)c6)c5)ccc43)cc2)cc1. The maximum atomic E-state index is 2.48. The molecule has 6 heterocycles. The quantitative estimate of drug-likeness (QED) is 0.0979. The Hall–Kier alpha value is -18.4. The van der Waals surface area contributed by atoms with Crippen molar-refractivity contribution in [3.05, 3.63) is 510 Å². The molecule has 28 rings (SSSR count). The molecule has 0 amide bonds. The van der Waals surface area contributed by atoms with Crippen LogP contribution in [0.2, 0.25) is 0 Å². The van der Waals surface area contributed by atoms with Crippen molar-refractivity contribution in [2.24, 2.45) is 0 Å². The van der Waals surface area contributed by atoms with Crippen LogP contribution >= 0.6 is 0 Å². The molecule has 0 unspecified atom stereocenters. The molecule has 0 aliphatic carbocycles. The van der Waals surface area contributed by atoms with E-state index in [2.05, 4.69) is 537 Å². The lowest BCUT2D eigenvalue weighted by atomic mass is 9.94. The van der Waals surface area contributed by atoms with Crippen molar-refractivity contribution >= 4 is 131 Å². The minimum absolute atomic E-state index is 1.10. The minimum Gasteiger partial charge on any atom is -0.309 e. The third-order valence-electron chi connectivity index (χ3n) is 29.0. The average Bonchev–Trinajstić information content (AvgIpc) is 1.59. The summed E-state index contributed by atoms with van der Waals surface area (Å²) in [6.45, 7) is 0. The number of nitrogens with zero attached hydrogens (tertiary/aromatic N) is 6. The summed E-state index contributed by atoms with van der Waals surface area (Å²) in [7, 11) is 0. The van der Waals surface area contributed by atoms with E-state index in [-0.39, 0.29) is 0 Å². The number of hydrogen-bond donors (Lipinski definition) is 0. The Balaban J connectivity index is 0.479. The molecule has 22 aromatic carbocycles. The van der Waals surface area contributed by atoms with Gasteiger partial charge < -0.3 is 27.4 Å². The van der Waals surface area contributed by atoms with E-state index in [1.54, 1.807) is 0 Å². The number of aromatic nitrogens is 6. The molecule has 138 heavy (non-hydrogen) atoms. The van der Waals surface area contributed by atoms with E-state index in [0.29, 0.717) is 0 Å². The molecule has 0 saturated carbocycles. The van der Waals surface area contributed by atoms with Gasteiger partial charge in [0.1, 0.15) is 0 Å². The van der Waals surface area contributed by atoms with Gasteiger partial charge in [-0.15, -0.1) is 0 Å². The maximum absolute atomic E-state index is 2.48. The number of hydrogen-bond acceptors (Lipinski definition) is 0. The molecule has 6 aromatic heterocycles. The highest BCUT2D eigenvalue weighted by Crippen LogP contribution is 2.47. The van der Waals surface area contributed by atoms with E-state index in [1.165, 1.54) is 153 Å². The van der Waals surface area contributed by atoms with Crippen LogP contribution in [0.5, 0.6) is 0 Å². The standard InChI is InChI=1S/C132H84N6/c1-5-25-85(26-6-1)89-47-58-103(59-48-89)133-121-42-18-13-37-109(121)114-79-97(54-67-126(114)133)99-56-69-128-116(81-99)111-39-15-20-44-123(111)136(128)106-64-71-131-119(83-106)113-41-17-22-46-125(113)138(131)108-76-101(88-31-11-4-12-32-88)75-102(77-108)95-36-24-35-94(74-95)93-34-23-33-92(73-93)91-51-62-104(63-52-91)134-122-43-19-14-38-110(122)115-80-98(55-68-127(115)134)100-57-70-129-117(82-100)112-40-16-21-45-124(112)137(129)107-65-72-132-120(84-107)118-78-96(87-29-9-3-10-30-87)53-66-130(118)135(132)105-60-49-90(50-61-105)86-27-7-2-8-28-86/h1-84H. The van der Waals surface area contributed by atoms with Crippen LogP contribution in [0.3, 0.4) is 0 Å². The summed E-state index contributed by atoms with van der Waals surface area (Å²) in [5.74, 6) is 0. The lowest BCUT2D eigenvalue weighted by Crippen LogP contribution is -1.97. The molecule has 0 atom stereocenters. The van der Waals surface area contributed by atoms with E-state index in [4.69, 9.17) is 0 Å². The van der Waals surface area contributed by atoms with Crippen LogP contribution in [0.1, 0.15) is 0 Å². The third-order valence-corrected chi connectivity index (χ3v) is 29.0. The van der Waals surface area contributed by atoms with Crippen molar-refractivity contribution in [2.75, 3.05) is 0 Å². The Morgan fingerprint density at radius 1 is 0.0797 bits per heavy atom. The molecule has 0 saturated heterocycles. The predicted octanol–water partition coefficient (Wildman–Crippen LogP) is 35.3. The monoisotopic (exact) mass is 1750 g/mol. The van der Waals surface area contributed by atoms with Gasteiger partial charge in [0, 0.05) is 98.8 Å². The molecule has 0 radical (unpaired) electrons. The summed E-state index contributed by atoms with van der Waals surface area (Å²) in [6.07, 6.45) is 0. The van der Waals surface area contributed by atoms with Gasteiger partial charge in [-0.25, -0.2) is 0 Å². The molecule has 0 N–H and O–H groups in total. The highest BCUT2D eigenvalue weighted by atomic mass is 15.0. The molecule has 28 aromatic rings. The number of fused-ring (bicyclic) bond motifs is 18. The smallest absolute Gasteiger partial charge is 0.0542 e. The molecule has 6 heteroatoms. The van der Waals surface area contributed by atoms with Crippen LogP contribution in [0.25, 0.3) is 265 Å². The Morgan fingerprint density at radius 3 is 0.572 bits per heavy atom. The second-order valence-corrected chi connectivity index (χ2v) is 36.7. The van der Waals surface area contributed by atoms with Crippen molar-refractivity contribution in [2.45, 2.75) is 0 Å². The number of rotatable bonds is 15. The van der Waals surface area contributed by atoms with E-state index in [0.717, 1.165) is 112 Å². The Morgan fingerprint density at radius 2 is 0.246 bits per heavy atom. The topological polar surface area (TPSA) is 29.6 Å². The first-order valence-corrected chi connectivity index (χ1v) is 47.6. The summed E-state index contributed by atoms with van der Waals surface area (Å²) in [5.41, 5.74) is 41.8. The van der Waals surface area contributed by atoms with Gasteiger partial charge in [0.25, 0.3) is 0 Å². The summed E-state index contributed by atoms with van der Waals surface area (Å²) < 4.78 is 14.7. The fraction of sp³-hybridized carbons (Fsp3) is 0. The van der Waals surface area contributed by atoms with Gasteiger partial charge in [-0.1, -0.05) is 315 Å². The van der Waals surface area contributed by atoms with Crippen LogP contribution in [0, 0.1) is 0 Å². The first-order valence-electron chi connectivity index (χ1n) is 47.6. The fourth-order valence-corrected chi connectivity index (χ4v) is 22.5. The zero-order chi connectivity index (χ0) is 90.6. The average molecular weight is 1750 g/mol. The Kier molecular flexibility index (Phi) is 18.0. The second-order valence-electron chi connectivity index (χ2n) is 36.7. The molecule has 6 nitrogen and oxygen atoms in total. The van der Waals surface area contributed by atoms with Crippen molar-refractivity contribution in [3.8, 4) is 134 Å². The molecule has 0 aliphatic heterocycles. The predicted molar refractivity (Wildman–Crippen MR) is 581 cm³/mol. The van der Waals surface area contributed by atoms with Gasteiger partial charge in [0.05, 0.1) is 66.2 Å². The van der Waals surface area contributed by atoms with E-state index >= 15 is 0 Å². The summed E-state index contributed by atoms with van der Waals surface area (Å²) in [4.78, 5) is 0. The highest BCUT2D eigenvalue weighted by Gasteiger charge is 2.25. The lowest BCUT2D eigenvalue weighted by molar-refractivity contribution is 1.17. The van der Waals surface area contributed by atoms with Gasteiger partial charge in [-0.3, -0.25) is 0 Å². The third kappa shape index (κ3) is 12.8. The van der Waals surface area contributed by atoms with Gasteiger partial charge in [0.15, 0.2) is 0 Å². The van der Waals surface area contributed by atoms with Crippen LogP contribution in [-0.2, 0) is 0 Å². The normalized spacial score (nSPS) is 11.9. The van der Waals surface area contributed by atoms with Gasteiger partial charge in [-0.2, -0.15) is 0 Å². The number of para-hydroxylation sites is 5. The van der Waals surface area contributed by atoms with Crippen LogP contribution in [0.4, 0.5) is 0 Å². The number of benzene rings is 22. The van der Waals surface area contributed by atoms with Crippen LogP contribution in [-0.4, -0.2) is 27.4 Å². The Labute approximate surface area is 796 Å². The van der Waals surface area contributed by atoms with Gasteiger partial charge in [-0.05, 0) is 294 Å². The van der Waals surface area contributed by atoms with Crippen LogP contribution < -0.4 is 0 Å². The van der Waals surface area contributed by atoms with Crippen molar-refractivity contribution < 1.29 is 0 Å². The molecule has 0 aliphatic rings. The second kappa shape index (κ2) is 31.7. The molecule has 0 spiro atoms. The lowest BCUT2D eigenvalue weighted by Gasteiger charge is -2.15. The largest absolute Gasteiger partial charge is 0.309 e.